The highest BCUT2D eigenvalue weighted by Gasteiger charge is 2.29. The van der Waals surface area contributed by atoms with Crippen LogP contribution in [0.1, 0.15) is 67.9 Å². The Morgan fingerprint density at radius 3 is 1.97 bits per heavy atom. The largest absolute Gasteiger partial charge is 0.451 e. The van der Waals surface area contributed by atoms with E-state index in [-0.39, 0.29) is 5.97 Å². The third kappa shape index (κ3) is 5.38. The summed E-state index contributed by atoms with van der Waals surface area (Å²) in [4.78, 5) is 12.8. The molecule has 3 rings (SSSR count). The molecule has 0 aromatic heterocycles. The maximum Gasteiger partial charge on any atom is 0.339 e. The van der Waals surface area contributed by atoms with Gasteiger partial charge in [0, 0.05) is 0 Å². The molecule has 30 heavy (non-hydrogen) atoms. The van der Waals surface area contributed by atoms with Crippen molar-refractivity contribution in [3.8, 4) is 11.1 Å². The first-order valence-electron chi connectivity index (χ1n) is 11.0. The molecule has 0 saturated carbocycles. The molecular weight excluding hydrogens is 368 g/mol. The highest BCUT2D eigenvalue weighted by molar-refractivity contribution is 5.90. The van der Waals surface area contributed by atoms with Crippen LogP contribution in [-0.2, 0) is 16.8 Å². The molecule has 1 atom stereocenters. The first kappa shape index (κ1) is 21.8. The molecule has 0 heterocycles. The van der Waals surface area contributed by atoms with E-state index in [1.165, 1.54) is 24.8 Å². The van der Waals surface area contributed by atoms with Crippen LogP contribution in [0.3, 0.4) is 0 Å². The van der Waals surface area contributed by atoms with Crippen LogP contribution in [0.25, 0.3) is 11.1 Å². The van der Waals surface area contributed by atoms with Crippen molar-refractivity contribution < 1.29 is 9.53 Å². The van der Waals surface area contributed by atoms with Crippen molar-refractivity contribution >= 4 is 5.97 Å². The summed E-state index contributed by atoms with van der Waals surface area (Å²) in [6, 6.07) is 26.4. The van der Waals surface area contributed by atoms with Crippen molar-refractivity contribution in [2.75, 3.05) is 0 Å². The summed E-state index contributed by atoms with van der Waals surface area (Å²) in [5, 5.41) is 0. The van der Waals surface area contributed by atoms with E-state index in [0.717, 1.165) is 23.1 Å². The van der Waals surface area contributed by atoms with Crippen LogP contribution in [0.2, 0.25) is 0 Å². The highest BCUT2D eigenvalue weighted by Crippen LogP contribution is 2.30. The smallest absolute Gasteiger partial charge is 0.339 e. The zero-order valence-electron chi connectivity index (χ0n) is 18.4. The van der Waals surface area contributed by atoms with Gasteiger partial charge in [0.25, 0.3) is 0 Å². The molecule has 2 heteroatoms. The van der Waals surface area contributed by atoms with Crippen molar-refractivity contribution in [2.24, 2.45) is 0 Å². The average Bonchev–Trinajstić information content (AvgIpc) is 2.80. The van der Waals surface area contributed by atoms with Crippen molar-refractivity contribution in [1.29, 1.82) is 0 Å². The fraction of sp³-hybridized carbons (Fsp3) is 0.321. The van der Waals surface area contributed by atoms with Gasteiger partial charge in [0.05, 0.1) is 5.56 Å². The van der Waals surface area contributed by atoms with Gasteiger partial charge in [-0.3, -0.25) is 0 Å². The molecule has 0 aliphatic carbocycles. The Bertz CT molecular complexity index is 927. The van der Waals surface area contributed by atoms with Gasteiger partial charge >= 0.3 is 5.97 Å². The van der Waals surface area contributed by atoms with Gasteiger partial charge in [0.2, 0.25) is 0 Å². The summed E-state index contributed by atoms with van der Waals surface area (Å²) >= 11 is 0. The van der Waals surface area contributed by atoms with E-state index in [2.05, 4.69) is 31.2 Å². The van der Waals surface area contributed by atoms with E-state index in [0.29, 0.717) is 12.0 Å². The second-order valence-electron chi connectivity index (χ2n) is 8.07. The number of carbonyl (C=O) groups excluding carboxylic acids is 1. The zero-order valence-corrected chi connectivity index (χ0v) is 18.4. The predicted octanol–water partition coefficient (Wildman–Crippen LogP) is 7.57. The summed E-state index contributed by atoms with van der Waals surface area (Å²) in [5.41, 5.74) is 4.60. The second-order valence-corrected chi connectivity index (χ2v) is 8.07. The minimum Gasteiger partial charge on any atom is -0.451 e. The van der Waals surface area contributed by atoms with E-state index < -0.39 is 5.60 Å². The van der Waals surface area contributed by atoms with Gasteiger partial charge in [-0.15, -0.1) is 0 Å². The standard InChI is InChI=1S/C28H32O2/c1-4-6-8-11-22-14-16-23(17-15-22)24-18-20-25(21-19-24)27(29)30-28(3,5-2)26-12-9-7-10-13-26/h7,9-10,12-21H,4-6,8,11H2,1-3H3. The quantitative estimate of drug-likeness (QED) is 0.273. The summed E-state index contributed by atoms with van der Waals surface area (Å²) in [6.07, 6.45) is 5.62. The molecule has 0 N–H and O–H groups in total. The molecule has 0 radical (unpaired) electrons. The SMILES string of the molecule is CCCCCc1ccc(-c2ccc(C(=O)OC(C)(CC)c3ccccc3)cc2)cc1. The maximum atomic E-state index is 12.8. The van der Waals surface area contributed by atoms with Gasteiger partial charge in [0.15, 0.2) is 0 Å². The Kier molecular flexibility index (Phi) is 7.46. The number of esters is 1. The van der Waals surface area contributed by atoms with Gasteiger partial charge in [-0.1, -0.05) is 93.4 Å². The van der Waals surface area contributed by atoms with Crippen LogP contribution in [-0.4, -0.2) is 5.97 Å². The van der Waals surface area contributed by atoms with Crippen molar-refractivity contribution in [2.45, 2.75) is 58.5 Å². The molecule has 0 aliphatic heterocycles. The topological polar surface area (TPSA) is 26.3 Å². The molecule has 156 valence electrons. The van der Waals surface area contributed by atoms with E-state index in [4.69, 9.17) is 4.74 Å². The van der Waals surface area contributed by atoms with Gasteiger partial charge in [0.1, 0.15) is 5.60 Å². The van der Waals surface area contributed by atoms with Crippen molar-refractivity contribution in [1.82, 2.24) is 0 Å². The molecule has 0 amide bonds. The number of carbonyl (C=O) groups is 1. The van der Waals surface area contributed by atoms with E-state index >= 15 is 0 Å². The molecule has 0 aliphatic rings. The molecule has 0 fully saturated rings. The molecule has 0 spiro atoms. The fourth-order valence-electron chi connectivity index (χ4n) is 3.63. The number of unbranched alkanes of at least 4 members (excludes halogenated alkanes) is 2. The van der Waals surface area contributed by atoms with Gasteiger partial charge in [-0.25, -0.2) is 4.79 Å². The first-order valence-corrected chi connectivity index (χ1v) is 11.0. The minimum absolute atomic E-state index is 0.291. The Balaban J connectivity index is 1.68. The zero-order chi connectivity index (χ0) is 21.4. The molecular formula is C28H32O2. The number of ether oxygens (including phenoxy) is 1. The lowest BCUT2D eigenvalue weighted by Crippen LogP contribution is -2.28. The average molecular weight is 401 g/mol. The summed E-state index contributed by atoms with van der Waals surface area (Å²) in [6.45, 7) is 6.24. The Morgan fingerprint density at radius 1 is 0.800 bits per heavy atom. The molecule has 1 unspecified atom stereocenters. The van der Waals surface area contributed by atoms with Crippen LogP contribution < -0.4 is 0 Å². The summed E-state index contributed by atoms with van der Waals surface area (Å²) in [5.74, 6) is -0.291. The van der Waals surface area contributed by atoms with Gasteiger partial charge in [-0.2, -0.15) is 0 Å². The van der Waals surface area contributed by atoms with Crippen LogP contribution in [0.4, 0.5) is 0 Å². The number of benzene rings is 3. The van der Waals surface area contributed by atoms with Crippen LogP contribution in [0.15, 0.2) is 78.9 Å². The van der Waals surface area contributed by atoms with Crippen molar-refractivity contribution in [3.05, 3.63) is 95.6 Å². The minimum atomic E-state index is -0.634. The van der Waals surface area contributed by atoms with Gasteiger partial charge in [-0.05, 0) is 60.6 Å². The van der Waals surface area contributed by atoms with E-state index in [1.54, 1.807) is 0 Å². The normalized spacial score (nSPS) is 12.9. The fourth-order valence-corrected chi connectivity index (χ4v) is 3.63. The van der Waals surface area contributed by atoms with Crippen LogP contribution in [0.5, 0.6) is 0 Å². The lowest BCUT2D eigenvalue weighted by Gasteiger charge is -2.29. The molecule has 2 nitrogen and oxygen atoms in total. The number of aryl methyl sites for hydroxylation is 1. The third-order valence-corrected chi connectivity index (χ3v) is 5.85. The summed E-state index contributed by atoms with van der Waals surface area (Å²) < 4.78 is 5.93. The molecule has 3 aromatic rings. The van der Waals surface area contributed by atoms with E-state index in [1.807, 2.05) is 68.4 Å². The first-order chi connectivity index (χ1) is 14.6. The lowest BCUT2D eigenvalue weighted by atomic mass is 9.93. The van der Waals surface area contributed by atoms with Crippen LogP contribution >= 0.6 is 0 Å². The Labute approximate surface area is 180 Å². The van der Waals surface area contributed by atoms with Gasteiger partial charge < -0.3 is 4.74 Å². The van der Waals surface area contributed by atoms with E-state index in [9.17, 15) is 4.79 Å². The molecule has 3 aromatic carbocycles. The lowest BCUT2D eigenvalue weighted by molar-refractivity contribution is -0.0141. The van der Waals surface area contributed by atoms with Crippen LogP contribution in [0, 0.1) is 0 Å². The number of hydrogen-bond donors (Lipinski definition) is 0. The highest BCUT2D eigenvalue weighted by atomic mass is 16.6. The monoisotopic (exact) mass is 400 g/mol. The molecule has 0 saturated heterocycles. The number of hydrogen-bond acceptors (Lipinski definition) is 2. The second kappa shape index (κ2) is 10.2. The third-order valence-electron chi connectivity index (χ3n) is 5.85. The number of rotatable bonds is 9. The maximum absolute atomic E-state index is 12.8. The Hall–Kier alpha value is -2.87. The predicted molar refractivity (Wildman–Crippen MR) is 125 cm³/mol. The Morgan fingerprint density at radius 2 is 1.40 bits per heavy atom. The molecule has 0 bridgehead atoms. The van der Waals surface area contributed by atoms with Crippen molar-refractivity contribution in [3.63, 3.8) is 0 Å². The summed E-state index contributed by atoms with van der Waals surface area (Å²) in [7, 11) is 0.